The van der Waals surface area contributed by atoms with E-state index in [0.717, 1.165) is 38.0 Å². The summed E-state index contributed by atoms with van der Waals surface area (Å²) in [4.78, 5) is 12.1. The molecule has 0 aromatic rings. The van der Waals surface area contributed by atoms with E-state index in [0.29, 0.717) is 18.0 Å². The number of carbonyl (C=O) groups excluding carboxylic acids is 1. The highest BCUT2D eigenvalue weighted by Gasteiger charge is 2.24. The Balaban J connectivity index is 1.64. The van der Waals surface area contributed by atoms with Crippen molar-refractivity contribution in [1.29, 1.82) is 0 Å². The molecular weight excluding hydrogens is 236 g/mol. The second-order valence-electron chi connectivity index (χ2n) is 6.68. The number of amides is 1. The second kappa shape index (κ2) is 7.28. The summed E-state index contributed by atoms with van der Waals surface area (Å²) in [5.41, 5.74) is 5.90. The largest absolute Gasteiger partial charge is 0.353 e. The van der Waals surface area contributed by atoms with Gasteiger partial charge in [0, 0.05) is 18.5 Å². The minimum Gasteiger partial charge on any atom is -0.353 e. The molecule has 0 radical (unpaired) electrons. The third-order valence-electron chi connectivity index (χ3n) is 5.15. The van der Waals surface area contributed by atoms with Crippen molar-refractivity contribution in [1.82, 2.24) is 5.32 Å². The van der Waals surface area contributed by atoms with Crippen molar-refractivity contribution in [3.63, 3.8) is 0 Å². The number of nitrogens with two attached hydrogens (primary N) is 1. The number of hydrogen-bond acceptors (Lipinski definition) is 2. The highest BCUT2D eigenvalue weighted by atomic mass is 16.1. The lowest BCUT2D eigenvalue weighted by Gasteiger charge is -2.30. The van der Waals surface area contributed by atoms with Gasteiger partial charge in [-0.15, -0.1) is 0 Å². The third kappa shape index (κ3) is 4.79. The third-order valence-corrected chi connectivity index (χ3v) is 5.15. The Bertz CT molecular complexity index is 276. The molecule has 2 aliphatic carbocycles. The van der Waals surface area contributed by atoms with Gasteiger partial charge in [-0.1, -0.05) is 13.3 Å². The Labute approximate surface area is 117 Å². The van der Waals surface area contributed by atoms with Gasteiger partial charge in [0.15, 0.2) is 0 Å². The molecule has 3 nitrogen and oxygen atoms in total. The van der Waals surface area contributed by atoms with Crippen LogP contribution in [0.2, 0.25) is 0 Å². The molecule has 0 bridgehead atoms. The Morgan fingerprint density at radius 3 is 2.16 bits per heavy atom. The summed E-state index contributed by atoms with van der Waals surface area (Å²) in [7, 11) is 0. The SMILES string of the molecule is CCC1CCC(NC(=O)CC2CCC(N)CC2)CC1. The Kier molecular flexibility index (Phi) is 5.68. The van der Waals surface area contributed by atoms with E-state index in [2.05, 4.69) is 12.2 Å². The minimum atomic E-state index is 0.278. The van der Waals surface area contributed by atoms with Crippen LogP contribution in [0.25, 0.3) is 0 Å². The molecule has 0 saturated heterocycles. The molecule has 3 heteroatoms. The van der Waals surface area contributed by atoms with Gasteiger partial charge in [-0.25, -0.2) is 0 Å². The molecule has 1 amide bonds. The van der Waals surface area contributed by atoms with Crippen LogP contribution < -0.4 is 11.1 Å². The lowest BCUT2D eigenvalue weighted by Crippen LogP contribution is -2.39. The fraction of sp³-hybridized carbons (Fsp3) is 0.938. The van der Waals surface area contributed by atoms with E-state index >= 15 is 0 Å². The minimum absolute atomic E-state index is 0.278. The van der Waals surface area contributed by atoms with Gasteiger partial charge in [-0.2, -0.15) is 0 Å². The highest BCUT2D eigenvalue weighted by Crippen LogP contribution is 2.28. The summed E-state index contributed by atoms with van der Waals surface area (Å²) in [6.07, 6.45) is 11.4. The first-order valence-corrected chi connectivity index (χ1v) is 8.22. The highest BCUT2D eigenvalue weighted by molar-refractivity contribution is 5.76. The molecule has 0 atom stereocenters. The molecule has 2 fully saturated rings. The average molecular weight is 266 g/mol. The molecule has 3 N–H and O–H groups in total. The summed E-state index contributed by atoms with van der Waals surface area (Å²) in [5, 5.41) is 3.25. The average Bonchev–Trinajstić information content (AvgIpc) is 2.42. The molecule has 0 aromatic carbocycles. The summed E-state index contributed by atoms with van der Waals surface area (Å²) >= 11 is 0. The first kappa shape index (κ1) is 14.8. The molecule has 0 heterocycles. The molecule has 110 valence electrons. The molecule has 19 heavy (non-hydrogen) atoms. The lowest BCUT2D eigenvalue weighted by molar-refractivity contribution is -0.123. The number of rotatable bonds is 4. The molecule has 0 unspecified atom stereocenters. The zero-order valence-corrected chi connectivity index (χ0v) is 12.4. The van der Waals surface area contributed by atoms with Crippen molar-refractivity contribution in [3.8, 4) is 0 Å². The van der Waals surface area contributed by atoms with Crippen molar-refractivity contribution in [2.75, 3.05) is 0 Å². The fourth-order valence-electron chi connectivity index (χ4n) is 3.66. The van der Waals surface area contributed by atoms with Gasteiger partial charge in [0.1, 0.15) is 0 Å². The maximum Gasteiger partial charge on any atom is 0.220 e. The summed E-state index contributed by atoms with van der Waals surface area (Å²) < 4.78 is 0. The van der Waals surface area contributed by atoms with Crippen molar-refractivity contribution in [2.45, 2.75) is 83.2 Å². The van der Waals surface area contributed by atoms with E-state index in [4.69, 9.17) is 5.73 Å². The maximum atomic E-state index is 12.1. The van der Waals surface area contributed by atoms with E-state index in [1.165, 1.54) is 32.1 Å². The van der Waals surface area contributed by atoms with E-state index < -0.39 is 0 Å². The van der Waals surface area contributed by atoms with Gasteiger partial charge < -0.3 is 11.1 Å². The van der Waals surface area contributed by atoms with Crippen LogP contribution in [0.3, 0.4) is 0 Å². The van der Waals surface area contributed by atoms with Crippen LogP contribution in [0, 0.1) is 11.8 Å². The van der Waals surface area contributed by atoms with Crippen LogP contribution in [-0.4, -0.2) is 18.0 Å². The molecule has 0 aliphatic heterocycles. The molecule has 2 saturated carbocycles. The van der Waals surface area contributed by atoms with Gasteiger partial charge in [-0.05, 0) is 63.2 Å². The number of hydrogen-bond donors (Lipinski definition) is 2. The van der Waals surface area contributed by atoms with Crippen LogP contribution in [0.5, 0.6) is 0 Å². The number of nitrogens with one attached hydrogen (secondary N) is 1. The van der Waals surface area contributed by atoms with Crippen LogP contribution in [0.15, 0.2) is 0 Å². The standard InChI is InChI=1S/C16H30N2O/c1-2-12-5-9-15(10-6-12)18-16(19)11-13-3-7-14(17)8-4-13/h12-15H,2-11,17H2,1H3,(H,18,19). The van der Waals surface area contributed by atoms with E-state index in [-0.39, 0.29) is 5.91 Å². The molecule has 0 spiro atoms. The van der Waals surface area contributed by atoms with E-state index in [9.17, 15) is 4.79 Å². The molecule has 0 aromatic heterocycles. The monoisotopic (exact) mass is 266 g/mol. The molecular formula is C16H30N2O. The van der Waals surface area contributed by atoms with Gasteiger partial charge >= 0.3 is 0 Å². The van der Waals surface area contributed by atoms with Gasteiger partial charge in [0.2, 0.25) is 5.91 Å². The van der Waals surface area contributed by atoms with E-state index in [1.807, 2.05) is 0 Å². The topological polar surface area (TPSA) is 55.1 Å². The van der Waals surface area contributed by atoms with Crippen LogP contribution in [-0.2, 0) is 4.79 Å². The maximum absolute atomic E-state index is 12.1. The zero-order chi connectivity index (χ0) is 13.7. The smallest absolute Gasteiger partial charge is 0.220 e. The predicted molar refractivity (Wildman–Crippen MR) is 78.7 cm³/mol. The first-order chi connectivity index (χ1) is 9.17. The second-order valence-corrected chi connectivity index (χ2v) is 6.68. The van der Waals surface area contributed by atoms with Gasteiger partial charge in [0.05, 0.1) is 0 Å². The van der Waals surface area contributed by atoms with E-state index in [1.54, 1.807) is 0 Å². The zero-order valence-electron chi connectivity index (χ0n) is 12.4. The number of carbonyl (C=O) groups is 1. The van der Waals surface area contributed by atoms with Crippen LogP contribution in [0.4, 0.5) is 0 Å². The lowest BCUT2D eigenvalue weighted by atomic mass is 9.83. The Morgan fingerprint density at radius 1 is 1.00 bits per heavy atom. The Morgan fingerprint density at radius 2 is 1.58 bits per heavy atom. The molecule has 2 rings (SSSR count). The van der Waals surface area contributed by atoms with Crippen molar-refractivity contribution >= 4 is 5.91 Å². The van der Waals surface area contributed by atoms with Crippen LogP contribution >= 0.6 is 0 Å². The fourth-order valence-corrected chi connectivity index (χ4v) is 3.66. The quantitative estimate of drug-likeness (QED) is 0.822. The van der Waals surface area contributed by atoms with Crippen LogP contribution in [0.1, 0.15) is 71.1 Å². The van der Waals surface area contributed by atoms with Gasteiger partial charge in [-0.3, -0.25) is 4.79 Å². The summed E-state index contributed by atoms with van der Waals surface area (Å²) in [5.74, 6) is 1.75. The predicted octanol–water partition coefficient (Wildman–Crippen LogP) is 2.98. The molecule has 2 aliphatic rings. The van der Waals surface area contributed by atoms with Crippen molar-refractivity contribution in [2.24, 2.45) is 17.6 Å². The Hall–Kier alpha value is -0.570. The van der Waals surface area contributed by atoms with Crippen molar-refractivity contribution < 1.29 is 4.79 Å². The summed E-state index contributed by atoms with van der Waals surface area (Å²) in [6, 6.07) is 0.824. The summed E-state index contributed by atoms with van der Waals surface area (Å²) in [6.45, 7) is 2.28. The first-order valence-electron chi connectivity index (χ1n) is 8.22. The van der Waals surface area contributed by atoms with Gasteiger partial charge in [0.25, 0.3) is 0 Å². The normalized spacial score (nSPS) is 35.9. The van der Waals surface area contributed by atoms with Crippen molar-refractivity contribution in [3.05, 3.63) is 0 Å².